The van der Waals surface area contributed by atoms with Crippen LogP contribution in [-0.2, 0) is 11.3 Å². The first-order valence-corrected chi connectivity index (χ1v) is 8.99. The molecule has 4 aromatic rings. The molecule has 0 aliphatic rings. The topological polar surface area (TPSA) is 88.4 Å². The van der Waals surface area contributed by atoms with Crippen LogP contribution in [0.5, 0.6) is 0 Å². The Balaban J connectivity index is 1.89. The second-order valence-corrected chi connectivity index (χ2v) is 6.36. The number of H-pyrrole nitrogens is 1. The number of aliphatic hydroxyl groups is 1. The Kier molecular flexibility index (Phi) is 4.64. The van der Waals surface area contributed by atoms with Gasteiger partial charge in [-0.25, -0.2) is 9.78 Å². The van der Waals surface area contributed by atoms with E-state index >= 15 is 0 Å². The summed E-state index contributed by atoms with van der Waals surface area (Å²) in [5.74, 6) is 0.469. The fourth-order valence-electron chi connectivity index (χ4n) is 3.10. The maximum Gasteiger partial charge on any atom is 0.356 e. The molecule has 2 N–H and O–H groups in total. The summed E-state index contributed by atoms with van der Waals surface area (Å²) in [5.41, 5.74) is 2.48. The number of ether oxygens (including phenoxy) is 1. The molecule has 6 heteroatoms. The lowest BCUT2D eigenvalue weighted by Crippen LogP contribution is -2.09. The number of unbranched alkanes of at least 4 members (excludes halogenated alkanes) is 1. The van der Waals surface area contributed by atoms with Crippen LogP contribution in [0.25, 0.3) is 33.3 Å². The van der Waals surface area contributed by atoms with Crippen molar-refractivity contribution in [3.8, 4) is 11.5 Å². The number of rotatable bonds is 6. The fraction of sp³-hybridized carbons (Fsp3) is 0.238. The molecule has 1 aromatic carbocycles. The quantitative estimate of drug-likeness (QED) is 0.390. The number of nitrogens with zero attached hydrogens (tertiary/aromatic N) is 1. The van der Waals surface area contributed by atoms with E-state index in [0.717, 1.165) is 34.6 Å². The number of fused-ring (bicyclic) bond motifs is 3. The second kappa shape index (κ2) is 7.25. The van der Waals surface area contributed by atoms with E-state index in [1.807, 2.05) is 31.2 Å². The minimum atomic E-state index is -0.453. The van der Waals surface area contributed by atoms with Gasteiger partial charge in [0, 0.05) is 16.3 Å². The molecule has 0 bridgehead atoms. The summed E-state index contributed by atoms with van der Waals surface area (Å²) in [4.78, 5) is 20.4. The monoisotopic (exact) mass is 364 g/mol. The Labute approximate surface area is 155 Å². The van der Waals surface area contributed by atoms with Gasteiger partial charge in [0.25, 0.3) is 0 Å². The van der Waals surface area contributed by atoms with Crippen molar-refractivity contribution >= 4 is 27.8 Å². The van der Waals surface area contributed by atoms with E-state index in [4.69, 9.17) is 9.15 Å². The highest BCUT2D eigenvalue weighted by atomic mass is 16.5. The molecule has 0 saturated carbocycles. The average molecular weight is 364 g/mol. The summed E-state index contributed by atoms with van der Waals surface area (Å²) in [7, 11) is 0. The maximum absolute atomic E-state index is 12.5. The van der Waals surface area contributed by atoms with Crippen molar-refractivity contribution < 1.29 is 19.1 Å². The standard InChI is InChI=1S/C21H20N2O4/c1-2-3-10-26-21(25)17-11-15-14-6-4-5-7-16(14)22-19(15)20(23-17)18-9-8-13(12-24)27-18/h4-9,11,22,24H,2-3,10,12H2,1H3. The zero-order valence-electron chi connectivity index (χ0n) is 15.0. The molecule has 0 atom stereocenters. The first kappa shape index (κ1) is 17.3. The van der Waals surface area contributed by atoms with Gasteiger partial charge in [0.2, 0.25) is 0 Å². The van der Waals surface area contributed by atoms with E-state index < -0.39 is 5.97 Å². The van der Waals surface area contributed by atoms with Crippen molar-refractivity contribution in [1.82, 2.24) is 9.97 Å². The lowest BCUT2D eigenvalue weighted by molar-refractivity contribution is 0.0493. The van der Waals surface area contributed by atoms with Crippen molar-refractivity contribution in [2.75, 3.05) is 6.61 Å². The number of hydrogen-bond acceptors (Lipinski definition) is 5. The lowest BCUT2D eigenvalue weighted by atomic mass is 10.1. The molecule has 0 radical (unpaired) electrons. The molecule has 0 aliphatic carbocycles. The van der Waals surface area contributed by atoms with Crippen LogP contribution in [0.1, 0.15) is 36.0 Å². The Morgan fingerprint density at radius 2 is 2.07 bits per heavy atom. The Morgan fingerprint density at radius 1 is 1.22 bits per heavy atom. The van der Waals surface area contributed by atoms with Crippen molar-refractivity contribution in [1.29, 1.82) is 0 Å². The summed E-state index contributed by atoms with van der Waals surface area (Å²) in [6, 6.07) is 13.0. The van der Waals surface area contributed by atoms with Gasteiger partial charge in [-0.3, -0.25) is 0 Å². The highest BCUT2D eigenvalue weighted by molar-refractivity contribution is 6.12. The molecule has 0 unspecified atom stereocenters. The number of aromatic nitrogens is 2. The Morgan fingerprint density at radius 3 is 2.85 bits per heavy atom. The molecule has 0 aliphatic heterocycles. The molecule has 0 spiro atoms. The highest BCUT2D eigenvalue weighted by Gasteiger charge is 2.19. The largest absolute Gasteiger partial charge is 0.461 e. The zero-order valence-corrected chi connectivity index (χ0v) is 15.0. The molecule has 0 fully saturated rings. The Hall–Kier alpha value is -3.12. The number of aromatic amines is 1. The second-order valence-electron chi connectivity index (χ2n) is 6.36. The predicted molar refractivity (Wildman–Crippen MR) is 102 cm³/mol. The predicted octanol–water partition coefficient (Wildman–Crippen LogP) is 4.43. The molecule has 3 aromatic heterocycles. The minimum Gasteiger partial charge on any atom is -0.461 e. The molecular formula is C21H20N2O4. The van der Waals surface area contributed by atoms with Crippen LogP contribution in [0, 0.1) is 0 Å². The van der Waals surface area contributed by atoms with Crippen molar-refractivity contribution in [2.45, 2.75) is 26.4 Å². The Bertz CT molecular complexity index is 1110. The van der Waals surface area contributed by atoms with E-state index in [2.05, 4.69) is 9.97 Å². The number of aliphatic hydroxyl groups excluding tert-OH is 1. The van der Waals surface area contributed by atoms with Gasteiger partial charge in [-0.05, 0) is 30.7 Å². The number of carbonyl (C=O) groups is 1. The smallest absolute Gasteiger partial charge is 0.356 e. The molecule has 0 saturated heterocycles. The van der Waals surface area contributed by atoms with Crippen molar-refractivity contribution in [3.63, 3.8) is 0 Å². The molecule has 6 nitrogen and oxygen atoms in total. The van der Waals surface area contributed by atoms with E-state index in [1.165, 1.54) is 0 Å². The number of carbonyl (C=O) groups excluding carboxylic acids is 1. The van der Waals surface area contributed by atoms with Crippen molar-refractivity contribution in [2.24, 2.45) is 0 Å². The van der Waals surface area contributed by atoms with Crippen LogP contribution >= 0.6 is 0 Å². The van der Waals surface area contributed by atoms with Gasteiger partial charge >= 0.3 is 5.97 Å². The number of furan rings is 1. The number of pyridine rings is 1. The fourth-order valence-corrected chi connectivity index (χ4v) is 3.10. The lowest BCUT2D eigenvalue weighted by Gasteiger charge is -2.06. The van der Waals surface area contributed by atoms with Crippen LogP contribution in [0.4, 0.5) is 0 Å². The highest BCUT2D eigenvalue weighted by Crippen LogP contribution is 2.33. The van der Waals surface area contributed by atoms with Crippen LogP contribution < -0.4 is 0 Å². The van der Waals surface area contributed by atoms with Crippen LogP contribution in [0.15, 0.2) is 46.9 Å². The van der Waals surface area contributed by atoms with Crippen molar-refractivity contribution in [3.05, 3.63) is 53.9 Å². The summed E-state index contributed by atoms with van der Waals surface area (Å²) in [5, 5.41) is 11.2. The van der Waals surface area contributed by atoms with Gasteiger partial charge in [-0.2, -0.15) is 0 Å². The first-order chi connectivity index (χ1) is 13.2. The van der Waals surface area contributed by atoms with Gasteiger partial charge < -0.3 is 19.2 Å². The van der Waals surface area contributed by atoms with Gasteiger partial charge in [0.05, 0.1) is 12.1 Å². The number of esters is 1. The van der Waals surface area contributed by atoms with Gasteiger partial charge in [-0.15, -0.1) is 0 Å². The molecule has 4 rings (SSSR count). The van der Waals surface area contributed by atoms with E-state index in [0.29, 0.717) is 23.8 Å². The third-order valence-electron chi connectivity index (χ3n) is 4.49. The van der Waals surface area contributed by atoms with Crippen LogP contribution in [0.3, 0.4) is 0 Å². The first-order valence-electron chi connectivity index (χ1n) is 8.99. The van der Waals surface area contributed by atoms with E-state index in [1.54, 1.807) is 18.2 Å². The zero-order chi connectivity index (χ0) is 18.8. The third kappa shape index (κ3) is 3.19. The summed E-state index contributed by atoms with van der Waals surface area (Å²) in [6.45, 7) is 2.21. The van der Waals surface area contributed by atoms with Crippen LogP contribution in [0.2, 0.25) is 0 Å². The number of hydrogen-bond donors (Lipinski definition) is 2. The average Bonchev–Trinajstić information content (AvgIpc) is 3.32. The summed E-state index contributed by atoms with van der Waals surface area (Å²) >= 11 is 0. The number of benzene rings is 1. The normalized spacial score (nSPS) is 11.3. The molecule has 3 heterocycles. The minimum absolute atomic E-state index is 0.200. The van der Waals surface area contributed by atoms with Gasteiger partial charge in [-0.1, -0.05) is 31.5 Å². The van der Waals surface area contributed by atoms with Crippen LogP contribution in [-0.4, -0.2) is 27.7 Å². The van der Waals surface area contributed by atoms with Gasteiger partial charge in [0.15, 0.2) is 5.76 Å². The third-order valence-corrected chi connectivity index (χ3v) is 4.49. The maximum atomic E-state index is 12.5. The molecular weight excluding hydrogens is 344 g/mol. The number of nitrogens with one attached hydrogen (secondary N) is 1. The van der Waals surface area contributed by atoms with Gasteiger partial charge in [0.1, 0.15) is 23.8 Å². The SMILES string of the molecule is CCCCOC(=O)c1cc2c([nH]c3ccccc32)c(-c2ccc(CO)o2)n1. The number of para-hydroxylation sites is 1. The summed E-state index contributed by atoms with van der Waals surface area (Å²) in [6.07, 6.45) is 1.76. The molecule has 27 heavy (non-hydrogen) atoms. The van der Waals surface area contributed by atoms with E-state index in [9.17, 15) is 9.90 Å². The van der Waals surface area contributed by atoms with E-state index in [-0.39, 0.29) is 12.3 Å². The summed E-state index contributed by atoms with van der Waals surface area (Å²) < 4.78 is 11.0. The molecule has 0 amide bonds. The molecule has 138 valence electrons.